The standard InChI is InChI=1S/C31H34ClN3O3/c1-3-4-5-9-12-25-29-27(23-20-22(32)13-14-24(23)33-25)28(31(36)37-2)30(35-15-17-38-18-16-35)26(34-29)19-21-10-7-6-8-11-21/h6-8,10-11,13-14,20H,3-5,9,12,15-19H2,1-2H3. The summed E-state index contributed by atoms with van der Waals surface area (Å²) in [6, 6.07) is 15.9. The Morgan fingerprint density at radius 1 is 1.03 bits per heavy atom. The van der Waals surface area contributed by atoms with E-state index in [0.29, 0.717) is 43.3 Å². The van der Waals surface area contributed by atoms with E-state index < -0.39 is 0 Å². The van der Waals surface area contributed by atoms with Crippen LogP contribution in [-0.2, 0) is 22.3 Å². The Balaban J connectivity index is 1.83. The maximum Gasteiger partial charge on any atom is 0.340 e. The fourth-order valence-corrected chi connectivity index (χ4v) is 5.51. The Bertz CT molecular complexity index is 1440. The van der Waals surface area contributed by atoms with Gasteiger partial charge in [-0.25, -0.2) is 9.78 Å². The minimum atomic E-state index is -0.377. The Labute approximate surface area is 228 Å². The van der Waals surface area contributed by atoms with Crippen molar-refractivity contribution in [3.05, 3.63) is 76.1 Å². The van der Waals surface area contributed by atoms with Crippen LogP contribution < -0.4 is 4.90 Å². The highest BCUT2D eigenvalue weighted by Crippen LogP contribution is 2.39. The highest BCUT2D eigenvalue weighted by atomic mass is 35.5. The zero-order valence-electron chi connectivity index (χ0n) is 22.1. The molecule has 0 saturated carbocycles. The van der Waals surface area contributed by atoms with Gasteiger partial charge in [-0.2, -0.15) is 0 Å². The fourth-order valence-electron chi connectivity index (χ4n) is 5.33. The number of aryl methyl sites for hydroxylation is 1. The lowest BCUT2D eigenvalue weighted by atomic mass is 9.95. The van der Waals surface area contributed by atoms with Crippen molar-refractivity contribution in [3.8, 4) is 0 Å². The predicted octanol–water partition coefficient (Wildman–Crippen LogP) is 6.77. The first-order valence-corrected chi connectivity index (χ1v) is 13.9. The van der Waals surface area contributed by atoms with Crippen LogP contribution in [0.3, 0.4) is 0 Å². The number of benzene rings is 2. The van der Waals surface area contributed by atoms with Crippen molar-refractivity contribution in [2.24, 2.45) is 0 Å². The van der Waals surface area contributed by atoms with E-state index in [4.69, 9.17) is 31.0 Å². The maximum atomic E-state index is 13.7. The average Bonchev–Trinajstić information content (AvgIpc) is 2.95. The first-order valence-electron chi connectivity index (χ1n) is 13.5. The number of fused-ring (bicyclic) bond motifs is 3. The van der Waals surface area contributed by atoms with Crippen molar-refractivity contribution in [1.29, 1.82) is 0 Å². The number of carbonyl (C=O) groups excluding carboxylic acids is 1. The molecule has 0 N–H and O–H groups in total. The third kappa shape index (κ3) is 5.47. The molecule has 0 amide bonds. The first kappa shape index (κ1) is 26.4. The second-order valence-electron chi connectivity index (χ2n) is 9.79. The second-order valence-corrected chi connectivity index (χ2v) is 10.2. The molecular weight excluding hydrogens is 498 g/mol. The first-order chi connectivity index (χ1) is 18.6. The van der Waals surface area contributed by atoms with Crippen LogP contribution in [-0.4, -0.2) is 49.4 Å². The zero-order valence-corrected chi connectivity index (χ0v) is 22.9. The molecule has 7 heteroatoms. The number of carbonyl (C=O) groups is 1. The molecule has 0 radical (unpaired) electrons. The Morgan fingerprint density at radius 2 is 1.82 bits per heavy atom. The number of methoxy groups -OCH3 is 1. The summed E-state index contributed by atoms with van der Waals surface area (Å²) in [5.74, 6) is -0.377. The summed E-state index contributed by atoms with van der Waals surface area (Å²) in [6.07, 6.45) is 5.89. The van der Waals surface area contributed by atoms with E-state index in [1.54, 1.807) is 0 Å². The number of anilines is 1. The van der Waals surface area contributed by atoms with Gasteiger partial charge in [-0.05, 0) is 36.6 Å². The van der Waals surface area contributed by atoms with Crippen molar-refractivity contribution in [3.63, 3.8) is 0 Å². The molecule has 3 heterocycles. The summed E-state index contributed by atoms with van der Waals surface area (Å²) in [5.41, 5.74) is 5.83. The summed E-state index contributed by atoms with van der Waals surface area (Å²) in [6.45, 7) is 4.74. The lowest BCUT2D eigenvalue weighted by molar-refractivity contribution is 0.0602. The molecular formula is C31H34ClN3O3. The number of esters is 1. The van der Waals surface area contributed by atoms with Crippen LogP contribution in [0.15, 0.2) is 48.5 Å². The van der Waals surface area contributed by atoms with E-state index in [1.165, 1.54) is 20.0 Å². The van der Waals surface area contributed by atoms with Crippen LogP contribution in [0.4, 0.5) is 5.69 Å². The largest absolute Gasteiger partial charge is 0.465 e. The summed E-state index contributed by atoms with van der Waals surface area (Å²) < 4.78 is 11.1. The van der Waals surface area contributed by atoms with Gasteiger partial charge in [0.15, 0.2) is 0 Å². The number of hydrogen-bond donors (Lipinski definition) is 0. The van der Waals surface area contributed by atoms with Gasteiger partial charge in [0, 0.05) is 35.3 Å². The molecule has 0 atom stereocenters. The number of hydrogen-bond acceptors (Lipinski definition) is 6. The van der Waals surface area contributed by atoms with Crippen LogP contribution in [0.1, 0.15) is 59.9 Å². The predicted molar refractivity (Wildman–Crippen MR) is 154 cm³/mol. The van der Waals surface area contributed by atoms with Crippen LogP contribution in [0.2, 0.25) is 5.02 Å². The number of ether oxygens (including phenoxy) is 2. The molecule has 2 aromatic carbocycles. The quantitative estimate of drug-likeness (QED) is 0.135. The number of morpholine rings is 1. The number of pyridine rings is 2. The highest BCUT2D eigenvalue weighted by molar-refractivity contribution is 6.32. The van der Waals surface area contributed by atoms with Crippen molar-refractivity contribution in [2.75, 3.05) is 38.3 Å². The topological polar surface area (TPSA) is 64.5 Å². The maximum absolute atomic E-state index is 13.7. The highest BCUT2D eigenvalue weighted by Gasteiger charge is 2.29. The van der Waals surface area contributed by atoms with Gasteiger partial charge in [-0.1, -0.05) is 68.1 Å². The Kier molecular flexibility index (Phi) is 8.40. The molecule has 4 aromatic rings. The molecule has 6 nitrogen and oxygen atoms in total. The SMILES string of the molecule is CCCCCCc1nc2ccc(Cl)cc2c2c(C(=O)OC)c(N3CCOCC3)c(Cc3ccccc3)nc12. The number of unbranched alkanes of at least 4 members (excludes halogenated alkanes) is 3. The molecule has 1 aliphatic heterocycles. The summed E-state index contributed by atoms with van der Waals surface area (Å²) >= 11 is 6.48. The molecule has 1 fully saturated rings. The fraction of sp³-hybridized carbons (Fsp3) is 0.387. The molecule has 38 heavy (non-hydrogen) atoms. The smallest absolute Gasteiger partial charge is 0.340 e. The zero-order chi connectivity index (χ0) is 26.5. The van der Waals surface area contributed by atoms with Gasteiger partial charge in [0.05, 0.1) is 54.0 Å². The van der Waals surface area contributed by atoms with Gasteiger partial charge in [-0.3, -0.25) is 4.98 Å². The lowest BCUT2D eigenvalue weighted by Crippen LogP contribution is -2.38. The molecule has 0 unspecified atom stereocenters. The van der Waals surface area contributed by atoms with E-state index >= 15 is 0 Å². The minimum absolute atomic E-state index is 0.377. The number of aromatic nitrogens is 2. The molecule has 0 spiro atoms. The van der Waals surface area contributed by atoms with E-state index in [-0.39, 0.29) is 5.97 Å². The number of rotatable bonds is 9. The Morgan fingerprint density at radius 3 is 2.55 bits per heavy atom. The summed E-state index contributed by atoms with van der Waals surface area (Å²) in [4.78, 5) is 26.3. The summed E-state index contributed by atoms with van der Waals surface area (Å²) in [7, 11) is 1.44. The number of nitrogens with zero attached hydrogens (tertiary/aromatic N) is 3. The van der Waals surface area contributed by atoms with Crippen LogP contribution in [0.5, 0.6) is 0 Å². The van der Waals surface area contributed by atoms with Gasteiger partial charge in [0.25, 0.3) is 0 Å². The van der Waals surface area contributed by atoms with Crippen molar-refractivity contribution in [1.82, 2.24) is 9.97 Å². The number of halogens is 1. The molecule has 198 valence electrons. The monoisotopic (exact) mass is 531 g/mol. The van der Waals surface area contributed by atoms with E-state index in [0.717, 1.165) is 63.7 Å². The molecule has 1 saturated heterocycles. The molecule has 2 aromatic heterocycles. The molecule has 1 aliphatic rings. The lowest BCUT2D eigenvalue weighted by Gasteiger charge is -2.32. The normalized spacial score (nSPS) is 13.8. The van der Waals surface area contributed by atoms with Crippen LogP contribution in [0, 0.1) is 0 Å². The van der Waals surface area contributed by atoms with Gasteiger partial charge < -0.3 is 14.4 Å². The molecule has 0 aliphatic carbocycles. The average molecular weight is 532 g/mol. The third-order valence-corrected chi connectivity index (χ3v) is 7.43. The van der Waals surface area contributed by atoms with Crippen molar-refractivity contribution < 1.29 is 14.3 Å². The van der Waals surface area contributed by atoms with E-state index in [2.05, 4.69) is 24.0 Å². The van der Waals surface area contributed by atoms with Gasteiger partial charge in [0.1, 0.15) is 0 Å². The summed E-state index contributed by atoms with van der Waals surface area (Å²) in [5, 5.41) is 2.18. The van der Waals surface area contributed by atoms with Crippen molar-refractivity contribution >= 4 is 45.1 Å². The molecule has 0 bridgehead atoms. The minimum Gasteiger partial charge on any atom is -0.465 e. The van der Waals surface area contributed by atoms with Crippen LogP contribution >= 0.6 is 11.6 Å². The Hall–Kier alpha value is -3.22. The van der Waals surface area contributed by atoms with Gasteiger partial charge in [0.2, 0.25) is 0 Å². The second kappa shape index (κ2) is 12.1. The van der Waals surface area contributed by atoms with Gasteiger partial charge in [-0.15, -0.1) is 0 Å². The van der Waals surface area contributed by atoms with E-state index in [1.807, 2.05) is 36.4 Å². The van der Waals surface area contributed by atoms with Gasteiger partial charge >= 0.3 is 5.97 Å². The third-order valence-electron chi connectivity index (χ3n) is 7.20. The molecule has 5 rings (SSSR count). The van der Waals surface area contributed by atoms with Crippen LogP contribution in [0.25, 0.3) is 21.8 Å². The van der Waals surface area contributed by atoms with E-state index in [9.17, 15) is 4.79 Å². The van der Waals surface area contributed by atoms with Crippen molar-refractivity contribution in [2.45, 2.75) is 45.4 Å².